The van der Waals surface area contributed by atoms with E-state index in [0.29, 0.717) is 19.4 Å². The third-order valence-corrected chi connectivity index (χ3v) is 2.68. The molecule has 0 saturated heterocycles. The molecule has 0 aliphatic carbocycles. The van der Waals surface area contributed by atoms with E-state index in [4.69, 9.17) is 14.2 Å². The first-order valence-electron chi connectivity index (χ1n) is 7.27. The van der Waals surface area contributed by atoms with Gasteiger partial charge in [0.25, 0.3) is 0 Å². The highest BCUT2D eigenvalue weighted by molar-refractivity contribution is 5.94. The number of hydrogen-bond acceptors (Lipinski definition) is 6. The van der Waals surface area contributed by atoms with Gasteiger partial charge in [0.05, 0.1) is 6.61 Å². The fourth-order valence-electron chi connectivity index (χ4n) is 1.67. The standard InChI is InChI=1S/C16H24O6/c1-4-11-21-15(18)13(16(19)22-12-5-2)9-7-8-10-14(17)20-6-3/h4-5,13H,1-2,6-12H2,3H3. The van der Waals surface area contributed by atoms with Crippen LogP contribution in [0.3, 0.4) is 0 Å². The predicted octanol–water partition coefficient (Wildman–Crippen LogP) is 2.18. The van der Waals surface area contributed by atoms with Crippen molar-refractivity contribution >= 4 is 17.9 Å². The molecule has 124 valence electrons. The maximum absolute atomic E-state index is 11.8. The molecule has 0 aromatic carbocycles. The van der Waals surface area contributed by atoms with E-state index in [9.17, 15) is 14.4 Å². The largest absolute Gasteiger partial charge is 0.466 e. The molecule has 0 aliphatic heterocycles. The van der Waals surface area contributed by atoms with Crippen molar-refractivity contribution in [3.63, 3.8) is 0 Å². The number of unbranched alkanes of at least 4 members (excludes halogenated alkanes) is 1. The van der Waals surface area contributed by atoms with E-state index in [1.165, 1.54) is 12.2 Å². The minimum atomic E-state index is -0.998. The molecule has 0 N–H and O–H groups in total. The second-order valence-electron chi connectivity index (χ2n) is 4.44. The molecular weight excluding hydrogens is 288 g/mol. The van der Waals surface area contributed by atoms with Gasteiger partial charge in [-0.3, -0.25) is 14.4 Å². The summed E-state index contributed by atoms with van der Waals surface area (Å²) in [6.07, 6.45) is 4.39. The van der Waals surface area contributed by atoms with Crippen LogP contribution in [-0.2, 0) is 28.6 Å². The average molecular weight is 312 g/mol. The summed E-state index contributed by atoms with van der Waals surface area (Å²) < 4.78 is 14.6. The number of esters is 3. The van der Waals surface area contributed by atoms with E-state index < -0.39 is 17.9 Å². The molecule has 0 spiro atoms. The summed E-state index contributed by atoms with van der Waals surface area (Å²) in [5.74, 6) is -2.58. The highest BCUT2D eigenvalue weighted by Gasteiger charge is 2.29. The fourth-order valence-corrected chi connectivity index (χ4v) is 1.67. The van der Waals surface area contributed by atoms with Crippen molar-refractivity contribution in [2.45, 2.75) is 32.6 Å². The number of carbonyl (C=O) groups is 3. The first kappa shape index (κ1) is 19.9. The SMILES string of the molecule is C=CCOC(=O)C(CCCCC(=O)OCC)C(=O)OCC=C. The highest BCUT2D eigenvalue weighted by atomic mass is 16.6. The van der Waals surface area contributed by atoms with Gasteiger partial charge in [-0.05, 0) is 19.8 Å². The molecule has 0 aromatic rings. The van der Waals surface area contributed by atoms with Crippen molar-refractivity contribution in [1.29, 1.82) is 0 Å². The lowest BCUT2D eigenvalue weighted by atomic mass is 10.0. The molecule has 0 heterocycles. The minimum Gasteiger partial charge on any atom is -0.466 e. The Hall–Kier alpha value is -2.11. The van der Waals surface area contributed by atoms with Crippen molar-refractivity contribution in [2.24, 2.45) is 5.92 Å². The van der Waals surface area contributed by atoms with E-state index >= 15 is 0 Å². The first-order valence-corrected chi connectivity index (χ1v) is 7.27. The fraction of sp³-hybridized carbons (Fsp3) is 0.562. The summed E-state index contributed by atoms with van der Waals surface area (Å²) in [6, 6.07) is 0. The van der Waals surface area contributed by atoms with Gasteiger partial charge in [-0.1, -0.05) is 31.7 Å². The van der Waals surface area contributed by atoms with E-state index in [1.54, 1.807) is 6.92 Å². The van der Waals surface area contributed by atoms with Crippen LogP contribution in [0.15, 0.2) is 25.3 Å². The molecule has 0 rings (SSSR count). The zero-order chi connectivity index (χ0) is 16.8. The zero-order valence-electron chi connectivity index (χ0n) is 13.0. The Bertz CT molecular complexity index is 364. The van der Waals surface area contributed by atoms with E-state index in [1.807, 2.05) is 0 Å². The van der Waals surface area contributed by atoms with Gasteiger partial charge < -0.3 is 14.2 Å². The Labute approximate surface area is 131 Å². The van der Waals surface area contributed by atoms with Crippen LogP contribution in [0.5, 0.6) is 0 Å². The van der Waals surface area contributed by atoms with Crippen molar-refractivity contribution in [3.8, 4) is 0 Å². The van der Waals surface area contributed by atoms with Gasteiger partial charge in [0.15, 0.2) is 5.92 Å². The maximum atomic E-state index is 11.8. The van der Waals surface area contributed by atoms with Crippen LogP contribution < -0.4 is 0 Å². The summed E-state index contributed by atoms with van der Waals surface area (Å²) in [5.41, 5.74) is 0. The normalized spacial score (nSPS) is 9.91. The molecule has 0 fully saturated rings. The van der Waals surface area contributed by atoms with Gasteiger partial charge in [0.1, 0.15) is 13.2 Å². The maximum Gasteiger partial charge on any atom is 0.320 e. The van der Waals surface area contributed by atoms with E-state index in [2.05, 4.69) is 13.2 Å². The molecule has 0 radical (unpaired) electrons. The van der Waals surface area contributed by atoms with Crippen LogP contribution in [-0.4, -0.2) is 37.7 Å². The molecule has 0 bridgehead atoms. The number of hydrogen-bond donors (Lipinski definition) is 0. The Kier molecular flexibility index (Phi) is 11.4. The topological polar surface area (TPSA) is 78.9 Å². The monoisotopic (exact) mass is 312 g/mol. The van der Waals surface area contributed by atoms with Crippen LogP contribution >= 0.6 is 0 Å². The summed E-state index contributed by atoms with van der Waals surface area (Å²) in [6.45, 7) is 9.02. The van der Waals surface area contributed by atoms with Crippen molar-refractivity contribution < 1.29 is 28.6 Å². The first-order chi connectivity index (χ1) is 10.6. The molecule has 6 nitrogen and oxygen atoms in total. The van der Waals surface area contributed by atoms with E-state index in [-0.39, 0.29) is 32.0 Å². The Morgan fingerprint density at radius 2 is 1.50 bits per heavy atom. The Morgan fingerprint density at radius 3 is 1.95 bits per heavy atom. The van der Waals surface area contributed by atoms with Gasteiger partial charge in [-0.25, -0.2) is 0 Å². The predicted molar refractivity (Wildman–Crippen MR) is 80.9 cm³/mol. The van der Waals surface area contributed by atoms with Crippen molar-refractivity contribution in [1.82, 2.24) is 0 Å². The number of ether oxygens (including phenoxy) is 3. The lowest BCUT2D eigenvalue weighted by Crippen LogP contribution is -2.28. The molecular formula is C16H24O6. The van der Waals surface area contributed by atoms with Gasteiger partial charge in [0.2, 0.25) is 0 Å². The molecule has 0 unspecified atom stereocenters. The number of rotatable bonds is 12. The average Bonchev–Trinajstić information content (AvgIpc) is 2.50. The molecule has 0 aromatic heterocycles. The lowest BCUT2D eigenvalue weighted by Gasteiger charge is -2.14. The molecule has 6 heteroatoms. The summed E-state index contributed by atoms with van der Waals surface area (Å²) >= 11 is 0. The molecule has 0 atom stereocenters. The second-order valence-corrected chi connectivity index (χ2v) is 4.44. The lowest BCUT2D eigenvalue weighted by molar-refractivity contribution is -0.161. The van der Waals surface area contributed by atoms with Crippen LogP contribution in [0, 0.1) is 5.92 Å². The van der Waals surface area contributed by atoms with Crippen LogP contribution in [0.2, 0.25) is 0 Å². The van der Waals surface area contributed by atoms with E-state index in [0.717, 1.165) is 0 Å². The van der Waals surface area contributed by atoms with Gasteiger partial charge >= 0.3 is 17.9 Å². The smallest absolute Gasteiger partial charge is 0.320 e. The summed E-state index contributed by atoms with van der Waals surface area (Å²) in [5, 5.41) is 0. The second kappa shape index (κ2) is 12.6. The highest BCUT2D eigenvalue weighted by Crippen LogP contribution is 2.14. The minimum absolute atomic E-state index is 0.0346. The molecule has 0 aliphatic rings. The van der Waals surface area contributed by atoms with Crippen molar-refractivity contribution in [2.75, 3.05) is 19.8 Å². The van der Waals surface area contributed by atoms with Gasteiger partial charge in [-0.15, -0.1) is 0 Å². The third kappa shape index (κ3) is 8.94. The van der Waals surface area contributed by atoms with Crippen LogP contribution in [0.25, 0.3) is 0 Å². The molecule has 0 saturated carbocycles. The summed E-state index contributed by atoms with van der Waals surface area (Å²) in [7, 11) is 0. The molecule has 0 amide bonds. The third-order valence-electron chi connectivity index (χ3n) is 2.68. The molecule has 22 heavy (non-hydrogen) atoms. The van der Waals surface area contributed by atoms with Gasteiger partial charge in [0, 0.05) is 6.42 Å². The quantitative estimate of drug-likeness (QED) is 0.181. The van der Waals surface area contributed by atoms with Crippen molar-refractivity contribution in [3.05, 3.63) is 25.3 Å². The van der Waals surface area contributed by atoms with Crippen LogP contribution in [0.1, 0.15) is 32.6 Å². The zero-order valence-corrected chi connectivity index (χ0v) is 13.0. The van der Waals surface area contributed by atoms with Gasteiger partial charge in [-0.2, -0.15) is 0 Å². The Morgan fingerprint density at radius 1 is 0.955 bits per heavy atom. The summed E-state index contributed by atoms with van der Waals surface area (Å²) in [4.78, 5) is 34.9. The Balaban J connectivity index is 4.36. The van der Waals surface area contributed by atoms with Crippen LogP contribution in [0.4, 0.5) is 0 Å². The number of carbonyl (C=O) groups excluding carboxylic acids is 3.